The van der Waals surface area contributed by atoms with Crippen LogP contribution in [0.2, 0.25) is 0 Å². The normalized spacial score (nSPS) is 11.1. The number of terminal acetylenes is 1. The monoisotopic (exact) mass is 226 g/mol. The van der Waals surface area contributed by atoms with E-state index in [1.807, 2.05) is 0 Å². The average molecular weight is 226 g/mol. The largest absolute Gasteiger partial charge is 0.480 e. The standard InChI is InChI=1S/C10H14N2O4/c1-4-5-8(10(15)16)11-9(14)6-12(3)7(2)13/h1,8H,5-6H2,2-3H3,(H,11,14)(H,15,16). The van der Waals surface area contributed by atoms with Crippen molar-refractivity contribution in [1.29, 1.82) is 0 Å². The molecule has 1 atom stereocenters. The van der Waals surface area contributed by atoms with Crippen LogP contribution in [0.4, 0.5) is 0 Å². The minimum absolute atomic E-state index is 0.0924. The van der Waals surface area contributed by atoms with E-state index >= 15 is 0 Å². The summed E-state index contributed by atoms with van der Waals surface area (Å²) in [5.74, 6) is 0.123. The Balaban J connectivity index is 4.26. The third-order valence-electron chi connectivity index (χ3n) is 1.87. The minimum atomic E-state index is -1.20. The van der Waals surface area contributed by atoms with Gasteiger partial charge in [-0.1, -0.05) is 0 Å². The van der Waals surface area contributed by atoms with Crippen molar-refractivity contribution in [3.05, 3.63) is 0 Å². The van der Waals surface area contributed by atoms with E-state index in [1.165, 1.54) is 18.9 Å². The summed E-state index contributed by atoms with van der Waals surface area (Å²) in [6, 6.07) is -1.11. The summed E-state index contributed by atoms with van der Waals surface area (Å²) in [5, 5.41) is 10.9. The second kappa shape index (κ2) is 6.45. The SMILES string of the molecule is C#CCC(NC(=O)CN(C)C(C)=O)C(=O)O. The van der Waals surface area contributed by atoms with Crippen molar-refractivity contribution in [2.45, 2.75) is 19.4 Å². The van der Waals surface area contributed by atoms with E-state index in [9.17, 15) is 14.4 Å². The highest BCUT2D eigenvalue weighted by atomic mass is 16.4. The fraction of sp³-hybridized carbons (Fsp3) is 0.500. The molecule has 1 unspecified atom stereocenters. The Bertz CT molecular complexity index is 332. The van der Waals surface area contributed by atoms with Crippen molar-refractivity contribution < 1.29 is 19.5 Å². The van der Waals surface area contributed by atoms with Gasteiger partial charge in [-0.25, -0.2) is 4.79 Å². The smallest absolute Gasteiger partial charge is 0.327 e. The van der Waals surface area contributed by atoms with Crippen LogP contribution in [0.3, 0.4) is 0 Å². The van der Waals surface area contributed by atoms with E-state index in [0.29, 0.717) is 0 Å². The Morgan fingerprint density at radius 3 is 2.44 bits per heavy atom. The molecule has 0 saturated carbocycles. The maximum Gasteiger partial charge on any atom is 0.327 e. The topological polar surface area (TPSA) is 86.7 Å². The van der Waals surface area contributed by atoms with E-state index in [2.05, 4.69) is 11.2 Å². The highest BCUT2D eigenvalue weighted by Gasteiger charge is 2.19. The lowest BCUT2D eigenvalue weighted by Gasteiger charge is -2.16. The van der Waals surface area contributed by atoms with Crippen molar-refractivity contribution in [2.75, 3.05) is 13.6 Å². The molecule has 0 aliphatic carbocycles. The van der Waals surface area contributed by atoms with Crippen LogP contribution in [0.25, 0.3) is 0 Å². The number of carbonyl (C=O) groups excluding carboxylic acids is 2. The Labute approximate surface area is 93.6 Å². The number of hydrogen-bond acceptors (Lipinski definition) is 3. The molecule has 0 aromatic rings. The van der Waals surface area contributed by atoms with Gasteiger partial charge >= 0.3 is 5.97 Å². The number of nitrogens with zero attached hydrogens (tertiary/aromatic N) is 1. The van der Waals surface area contributed by atoms with E-state index < -0.39 is 17.9 Å². The molecule has 2 N–H and O–H groups in total. The van der Waals surface area contributed by atoms with Crippen molar-refractivity contribution in [3.8, 4) is 12.3 Å². The number of rotatable bonds is 5. The Morgan fingerprint density at radius 1 is 1.50 bits per heavy atom. The lowest BCUT2D eigenvalue weighted by Crippen LogP contribution is -2.45. The molecular weight excluding hydrogens is 212 g/mol. The molecule has 0 aromatic carbocycles. The minimum Gasteiger partial charge on any atom is -0.480 e. The fourth-order valence-electron chi connectivity index (χ4n) is 0.885. The molecule has 6 nitrogen and oxygen atoms in total. The van der Waals surface area contributed by atoms with Crippen LogP contribution in [-0.4, -0.2) is 47.4 Å². The number of aliphatic carboxylic acids is 1. The summed E-state index contributed by atoms with van der Waals surface area (Å²) in [7, 11) is 1.44. The summed E-state index contributed by atoms with van der Waals surface area (Å²) < 4.78 is 0. The molecule has 0 aliphatic heterocycles. The summed E-state index contributed by atoms with van der Waals surface area (Å²) in [5.41, 5.74) is 0. The van der Waals surface area contributed by atoms with Crippen LogP contribution in [0.5, 0.6) is 0 Å². The quantitative estimate of drug-likeness (QED) is 0.592. The fourth-order valence-corrected chi connectivity index (χ4v) is 0.885. The van der Waals surface area contributed by atoms with Crippen molar-refractivity contribution in [2.24, 2.45) is 0 Å². The lowest BCUT2D eigenvalue weighted by atomic mass is 10.2. The van der Waals surface area contributed by atoms with Gasteiger partial charge in [-0.3, -0.25) is 9.59 Å². The zero-order valence-corrected chi connectivity index (χ0v) is 9.19. The van der Waals surface area contributed by atoms with Crippen LogP contribution < -0.4 is 5.32 Å². The summed E-state index contributed by atoms with van der Waals surface area (Å²) in [6.07, 6.45) is 4.87. The van der Waals surface area contributed by atoms with E-state index in [-0.39, 0.29) is 18.9 Å². The van der Waals surface area contributed by atoms with Gasteiger partial charge in [-0.05, 0) is 0 Å². The molecule has 16 heavy (non-hydrogen) atoms. The zero-order chi connectivity index (χ0) is 12.7. The van der Waals surface area contributed by atoms with Crippen LogP contribution in [0, 0.1) is 12.3 Å². The van der Waals surface area contributed by atoms with Gasteiger partial charge in [0, 0.05) is 20.4 Å². The number of carboxylic acids is 1. The van der Waals surface area contributed by atoms with Gasteiger partial charge in [0.2, 0.25) is 11.8 Å². The number of amides is 2. The predicted octanol–water partition coefficient (Wildman–Crippen LogP) is -0.943. The maximum absolute atomic E-state index is 11.3. The van der Waals surface area contributed by atoms with Crippen LogP contribution in [0.1, 0.15) is 13.3 Å². The van der Waals surface area contributed by atoms with Gasteiger partial charge in [0.1, 0.15) is 6.04 Å². The molecule has 0 spiro atoms. The maximum atomic E-state index is 11.3. The van der Waals surface area contributed by atoms with Gasteiger partial charge in [0.15, 0.2) is 0 Å². The van der Waals surface area contributed by atoms with Gasteiger partial charge < -0.3 is 15.3 Å². The first-order valence-electron chi connectivity index (χ1n) is 4.55. The first-order chi connectivity index (χ1) is 7.38. The first-order valence-corrected chi connectivity index (χ1v) is 4.55. The van der Waals surface area contributed by atoms with Crippen molar-refractivity contribution in [1.82, 2.24) is 10.2 Å². The summed E-state index contributed by atoms with van der Waals surface area (Å²) >= 11 is 0. The molecule has 0 aromatic heterocycles. The third kappa shape index (κ3) is 5.00. The van der Waals surface area contributed by atoms with Crippen molar-refractivity contribution in [3.63, 3.8) is 0 Å². The van der Waals surface area contributed by atoms with E-state index in [0.717, 1.165) is 0 Å². The highest BCUT2D eigenvalue weighted by Crippen LogP contribution is 1.92. The molecule has 0 heterocycles. The Hall–Kier alpha value is -2.03. The molecule has 0 bridgehead atoms. The van der Waals surface area contributed by atoms with E-state index in [4.69, 9.17) is 11.5 Å². The highest BCUT2D eigenvalue weighted by molar-refractivity contribution is 5.87. The number of nitrogens with one attached hydrogen (secondary N) is 1. The zero-order valence-electron chi connectivity index (χ0n) is 9.19. The third-order valence-corrected chi connectivity index (χ3v) is 1.87. The molecule has 0 fully saturated rings. The second-order valence-corrected chi connectivity index (χ2v) is 3.24. The van der Waals surface area contributed by atoms with Gasteiger partial charge in [-0.15, -0.1) is 12.3 Å². The molecule has 88 valence electrons. The van der Waals surface area contributed by atoms with Crippen LogP contribution in [0.15, 0.2) is 0 Å². The molecule has 0 aliphatic rings. The Kier molecular flexibility index (Phi) is 5.63. The molecule has 0 rings (SSSR count). The number of hydrogen-bond donors (Lipinski definition) is 2. The average Bonchev–Trinajstić information content (AvgIpc) is 2.16. The molecule has 0 saturated heterocycles. The van der Waals surface area contributed by atoms with Crippen molar-refractivity contribution >= 4 is 17.8 Å². The molecule has 0 radical (unpaired) electrons. The predicted molar refractivity (Wildman–Crippen MR) is 56.3 cm³/mol. The van der Waals surface area contributed by atoms with Crippen LogP contribution in [-0.2, 0) is 14.4 Å². The number of likely N-dealkylation sites (N-methyl/N-ethyl adjacent to an activating group) is 1. The Morgan fingerprint density at radius 2 is 2.06 bits per heavy atom. The summed E-state index contributed by atoms with van der Waals surface area (Å²) in [4.78, 5) is 34.0. The molecule has 6 heteroatoms. The number of carboxylic acid groups (broad SMARTS) is 1. The van der Waals surface area contributed by atoms with E-state index in [1.54, 1.807) is 0 Å². The van der Waals surface area contributed by atoms with Gasteiger partial charge in [0.05, 0.1) is 6.54 Å². The number of carbonyl (C=O) groups is 3. The second-order valence-electron chi connectivity index (χ2n) is 3.24. The lowest BCUT2D eigenvalue weighted by molar-refractivity contribution is -0.142. The van der Waals surface area contributed by atoms with Gasteiger partial charge in [0.25, 0.3) is 0 Å². The molecular formula is C10H14N2O4. The van der Waals surface area contributed by atoms with Crippen LogP contribution >= 0.6 is 0 Å². The van der Waals surface area contributed by atoms with Gasteiger partial charge in [-0.2, -0.15) is 0 Å². The molecule has 2 amide bonds. The first kappa shape index (κ1) is 14.0. The summed E-state index contributed by atoms with van der Waals surface area (Å²) in [6.45, 7) is 1.12.